The Labute approximate surface area is 118 Å². The molecular formula is C15H14N2O2S. The van der Waals surface area contributed by atoms with E-state index in [9.17, 15) is 8.42 Å². The largest absolute Gasteiger partial charge is 0.278 e. The molecule has 4 nitrogen and oxygen atoms in total. The molecule has 0 unspecified atom stereocenters. The van der Waals surface area contributed by atoms with Crippen molar-refractivity contribution in [2.75, 3.05) is 4.72 Å². The van der Waals surface area contributed by atoms with E-state index >= 15 is 0 Å². The standard InChI is InChI=1S/C15H14N2O2S/c1-11-4-7-14(8-5-11)20(18,19)17-15-9-12(2)3-6-13(15)10-16/h3-9,17H,1-2H3. The molecule has 0 spiro atoms. The molecule has 0 amide bonds. The fourth-order valence-electron chi connectivity index (χ4n) is 1.76. The zero-order chi connectivity index (χ0) is 14.8. The number of benzene rings is 2. The van der Waals surface area contributed by atoms with Crippen LogP contribution in [0.3, 0.4) is 0 Å². The number of anilines is 1. The lowest BCUT2D eigenvalue weighted by atomic mass is 10.1. The number of hydrogen-bond donors (Lipinski definition) is 1. The number of nitrogens with zero attached hydrogens (tertiary/aromatic N) is 1. The molecule has 0 saturated heterocycles. The first-order valence-electron chi connectivity index (χ1n) is 6.02. The summed E-state index contributed by atoms with van der Waals surface area (Å²) in [7, 11) is -3.68. The summed E-state index contributed by atoms with van der Waals surface area (Å²) in [5.41, 5.74) is 2.46. The molecule has 102 valence electrons. The number of rotatable bonds is 3. The van der Waals surface area contributed by atoms with Gasteiger partial charge in [-0.1, -0.05) is 23.8 Å². The smallest absolute Gasteiger partial charge is 0.261 e. The van der Waals surface area contributed by atoms with Gasteiger partial charge in [0.25, 0.3) is 10.0 Å². The van der Waals surface area contributed by atoms with Crippen LogP contribution in [0, 0.1) is 25.2 Å². The molecule has 1 N–H and O–H groups in total. The van der Waals surface area contributed by atoms with Crippen molar-refractivity contribution < 1.29 is 8.42 Å². The molecule has 20 heavy (non-hydrogen) atoms. The third kappa shape index (κ3) is 2.98. The molecule has 0 radical (unpaired) electrons. The minimum atomic E-state index is -3.68. The Kier molecular flexibility index (Phi) is 3.77. The Balaban J connectivity index is 2.41. The van der Waals surface area contributed by atoms with Crippen LogP contribution in [-0.4, -0.2) is 8.42 Å². The van der Waals surface area contributed by atoms with Gasteiger partial charge in [-0.05, 0) is 43.7 Å². The van der Waals surface area contributed by atoms with Crippen LogP contribution in [0.5, 0.6) is 0 Å². The molecule has 2 aromatic rings. The lowest BCUT2D eigenvalue weighted by Crippen LogP contribution is -2.14. The van der Waals surface area contributed by atoms with E-state index in [1.54, 1.807) is 42.5 Å². The third-order valence-electron chi connectivity index (χ3n) is 2.87. The first kappa shape index (κ1) is 14.1. The summed E-state index contributed by atoms with van der Waals surface area (Å²) in [6, 6.07) is 13.5. The zero-order valence-corrected chi connectivity index (χ0v) is 12.0. The minimum Gasteiger partial charge on any atom is -0.278 e. The summed E-state index contributed by atoms with van der Waals surface area (Å²) in [4.78, 5) is 0.175. The molecule has 0 fully saturated rings. The van der Waals surface area contributed by atoms with E-state index in [1.807, 2.05) is 19.9 Å². The second-order valence-electron chi connectivity index (χ2n) is 4.58. The van der Waals surface area contributed by atoms with E-state index in [2.05, 4.69) is 4.72 Å². The van der Waals surface area contributed by atoms with E-state index in [4.69, 9.17) is 5.26 Å². The third-order valence-corrected chi connectivity index (χ3v) is 4.25. The lowest BCUT2D eigenvalue weighted by Gasteiger charge is -2.10. The Hall–Kier alpha value is -2.32. The van der Waals surface area contributed by atoms with Crippen molar-refractivity contribution in [3.05, 3.63) is 59.2 Å². The minimum absolute atomic E-state index is 0.175. The van der Waals surface area contributed by atoms with Crippen LogP contribution in [0.4, 0.5) is 5.69 Å². The Bertz CT molecular complexity index is 773. The monoisotopic (exact) mass is 286 g/mol. The number of hydrogen-bond acceptors (Lipinski definition) is 3. The van der Waals surface area contributed by atoms with Crippen molar-refractivity contribution in [2.45, 2.75) is 18.7 Å². The summed E-state index contributed by atoms with van der Waals surface area (Å²) < 4.78 is 27.0. The first-order valence-corrected chi connectivity index (χ1v) is 7.51. The number of sulfonamides is 1. The lowest BCUT2D eigenvalue weighted by molar-refractivity contribution is 0.601. The van der Waals surface area contributed by atoms with Gasteiger partial charge in [0, 0.05) is 0 Å². The molecule has 0 bridgehead atoms. The van der Waals surface area contributed by atoms with Crippen molar-refractivity contribution >= 4 is 15.7 Å². The van der Waals surface area contributed by atoms with E-state index in [0.29, 0.717) is 11.3 Å². The van der Waals surface area contributed by atoms with Gasteiger partial charge in [-0.25, -0.2) is 8.42 Å². The molecule has 0 aliphatic carbocycles. The normalized spacial score (nSPS) is 10.8. The Morgan fingerprint density at radius 1 is 1.00 bits per heavy atom. The highest BCUT2D eigenvalue weighted by atomic mass is 32.2. The van der Waals surface area contributed by atoms with Crippen molar-refractivity contribution in [2.24, 2.45) is 0 Å². The van der Waals surface area contributed by atoms with E-state index < -0.39 is 10.0 Å². The molecule has 0 atom stereocenters. The highest BCUT2D eigenvalue weighted by molar-refractivity contribution is 7.92. The topological polar surface area (TPSA) is 70.0 Å². The summed E-state index contributed by atoms with van der Waals surface area (Å²) >= 11 is 0. The van der Waals surface area contributed by atoms with Crippen LogP contribution in [0.2, 0.25) is 0 Å². The molecular weight excluding hydrogens is 272 g/mol. The van der Waals surface area contributed by atoms with Gasteiger partial charge in [0.05, 0.1) is 16.1 Å². The van der Waals surface area contributed by atoms with Crippen molar-refractivity contribution in [1.82, 2.24) is 0 Å². The van der Waals surface area contributed by atoms with E-state index in [1.165, 1.54) is 0 Å². The van der Waals surface area contributed by atoms with Gasteiger partial charge in [-0.15, -0.1) is 0 Å². The van der Waals surface area contributed by atoms with E-state index in [0.717, 1.165) is 11.1 Å². The number of nitrogens with one attached hydrogen (secondary N) is 1. The van der Waals surface area contributed by atoms with Crippen LogP contribution < -0.4 is 4.72 Å². The average molecular weight is 286 g/mol. The molecule has 0 heterocycles. The fraction of sp³-hybridized carbons (Fsp3) is 0.133. The van der Waals surface area contributed by atoms with Gasteiger partial charge in [0.2, 0.25) is 0 Å². The van der Waals surface area contributed by atoms with Crippen LogP contribution in [0.15, 0.2) is 47.4 Å². The Morgan fingerprint density at radius 3 is 2.20 bits per heavy atom. The Morgan fingerprint density at radius 2 is 1.60 bits per heavy atom. The van der Waals surface area contributed by atoms with Crippen molar-refractivity contribution in [3.63, 3.8) is 0 Å². The van der Waals surface area contributed by atoms with Crippen molar-refractivity contribution in [1.29, 1.82) is 5.26 Å². The quantitative estimate of drug-likeness (QED) is 0.943. The first-order chi connectivity index (χ1) is 9.42. The summed E-state index contributed by atoms with van der Waals surface area (Å²) in [6.07, 6.45) is 0. The maximum atomic E-state index is 12.3. The van der Waals surface area contributed by atoms with Gasteiger partial charge in [0.15, 0.2) is 0 Å². The maximum Gasteiger partial charge on any atom is 0.261 e. The van der Waals surface area contributed by atoms with Crippen LogP contribution in [0.1, 0.15) is 16.7 Å². The summed E-state index contributed by atoms with van der Waals surface area (Å²) in [6.45, 7) is 3.73. The van der Waals surface area contributed by atoms with Gasteiger partial charge in [-0.3, -0.25) is 4.72 Å². The van der Waals surface area contributed by atoms with Crippen LogP contribution in [-0.2, 0) is 10.0 Å². The fourth-order valence-corrected chi connectivity index (χ4v) is 2.83. The highest BCUT2D eigenvalue weighted by Gasteiger charge is 2.15. The van der Waals surface area contributed by atoms with Crippen LogP contribution in [0.25, 0.3) is 0 Å². The highest BCUT2D eigenvalue weighted by Crippen LogP contribution is 2.21. The second kappa shape index (κ2) is 5.35. The van der Waals surface area contributed by atoms with E-state index in [-0.39, 0.29) is 4.90 Å². The summed E-state index contributed by atoms with van der Waals surface area (Å²) in [5.74, 6) is 0. The predicted molar refractivity (Wildman–Crippen MR) is 77.9 cm³/mol. The second-order valence-corrected chi connectivity index (χ2v) is 6.26. The zero-order valence-electron chi connectivity index (χ0n) is 11.2. The molecule has 0 aromatic heterocycles. The predicted octanol–water partition coefficient (Wildman–Crippen LogP) is 2.98. The molecule has 0 aliphatic rings. The van der Waals surface area contributed by atoms with Crippen molar-refractivity contribution in [3.8, 4) is 6.07 Å². The van der Waals surface area contributed by atoms with Gasteiger partial charge >= 0.3 is 0 Å². The SMILES string of the molecule is Cc1ccc(S(=O)(=O)Nc2cc(C)ccc2C#N)cc1. The molecule has 5 heteroatoms. The van der Waals surface area contributed by atoms with Gasteiger partial charge < -0.3 is 0 Å². The molecule has 0 aliphatic heterocycles. The molecule has 2 rings (SSSR count). The molecule has 0 saturated carbocycles. The average Bonchev–Trinajstić information content (AvgIpc) is 2.39. The molecule has 2 aromatic carbocycles. The van der Waals surface area contributed by atoms with Crippen LogP contribution >= 0.6 is 0 Å². The maximum absolute atomic E-state index is 12.3. The van der Waals surface area contributed by atoms with Gasteiger partial charge in [0.1, 0.15) is 6.07 Å². The number of aryl methyl sites for hydroxylation is 2. The van der Waals surface area contributed by atoms with Gasteiger partial charge in [-0.2, -0.15) is 5.26 Å². The number of nitriles is 1. The summed E-state index contributed by atoms with van der Waals surface area (Å²) in [5, 5.41) is 9.03.